The van der Waals surface area contributed by atoms with E-state index in [4.69, 9.17) is 4.74 Å². The van der Waals surface area contributed by atoms with E-state index in [2.05, 4.69) is 32.2 Å². The smallest absolute Gasteiger partial charge is 0.322 e. The van der Waals surface area contributed by atoms with Crippen LogP contribution in [0.3, 0.4) is 0 Å². The van der Waals surface area contributed by atoms with Gasteiger partial charge in [0, 0.05) is 15.8 Å². The molecule has 4 heteroatoms. The van der Waals surface area contributed by atoms with Gasteiger partial charge in [-0.15, -0.1) is 11.3 Å². The average Bonchev–Trinajstić information content (AvgIpc) is 2.64. The molecule has 0 bridgehead atoms. The number of thiophene rings is 1. The highest BCUT2D eigenvalue weighted by atomic mass is 32.1. The number of esters is 1. The maximum atomic E-state index is 11.5. The lowest BCUT2D eigenvalue weighted by Crippen LogP contribution is -2.38. The summed E-state index contributed by atoms with van der Waals surface area (Å²) in [5, 5.41) is 3.32. The van der Waals surface area contributed by atoms with Crippen molar-refractivity contribution in [2.24, 2.45) is 0 Å². The van der Waals surface area contributed by atoms with Gasteiger partial charge in [0.05, 0.1) is 7.11 Å². The second kappa shape index (κ2) is 6.17. The van der Waals surface area contributed by atoms with Gasteiger partial charge in [0.1, 0.15) is 6.04 Å². The first-order chi connectivity index (χ1) is 7.99. The van der Waals surface area contributed by atoms with Crippen molar-refractivity contribution in [2.75, 3.05) is 7.11 Å². The number of hydrogen-bond donors (Lipinski definition) is 1. The molecule has 0 amide bonds. The molecule has 0 radical (unpaired) electrons. The van der Waals surface area contributed by atoms with Crippen molar-refractivity contribution in [3.8, 4) is 0 Å². The van der Waals surface area contributed by atoms with Crippen LogP contribution >= 0.6 is 11.3 Å². The van der Waals surface area contributed by atoms with Gasteiger partial charge in [0.2, 0.25) is 0 Å². The molecular formula is C13H21NO2S. The van der Waals surface area contributed by atoms with E-state index in [0.717, 1.165) is 6.42 Å². The van der Waals surface area contributed by atoms with E-state index >= 15 is 0 Å². The summed E-state index contributed by atoms with van der Waals surface area (Å²) in [5.74, 6) is -0.191. The van der Waals surface area contributed by atoms with E-state index in [0.29, 0.717) is 0 Å². The van der Waals surface area contributed by atoms with Crippen molar-refractivity contribution in [3.05, 3.63) is 21.4 Å². The maximum absolute atomic E-state index is 11.5. The van der Waals surface area contributed by atoms with Crippen LogP contribution in [0.1, 0.15) is 41.6 Å². The Morgan fingerprint density at radius 3 is 2.59 bits per heavy atom. The molecule has 0 fully saturated rings. The lowest BCUT2D eigenvalue weighted by Gasteiger charge is -2.20. The van der Waals surface area contributed by atoms with Crippen LogP contribution in [-0.2, 0) is 9.53 Å². The van der Waals surface area contributed by atoms with Crippen molar-refractivity contribution >= 4 is 17.3 Å². The number of carbonyl (C=O) groups excluding carboxylic acids is 1. The summed E-state index contributed by atoms with van der Waals surface area (Å²) in [6.07, 6.45) is 0.735. The molecule has 0 saturated heterocycles. The van der Waals surface area contributed by atoms with Crippen LogP contribution in [-0.4, -0.2) is 19.1 Å². The van der Waals surface area contributed by atoms with E-state index in [9.17, 15) is 4.79 Å². The van der Waals surface area contributed by atoms with Gasteiger partial charge in [-0.2, -0.15) is 0 Å². The topological polar surface area (TPSA) is 38.3 Å². The molecule has 0 aliphatic carbocycles. The third kappa shape index (κ3) is 3.54. The summed E-state index contributed by atoms with van der Waals surface area (Å²) >= 11 is 1.79. The van der Waals surface area contributed by atoms with E-state index in [1.54, 1.807) is 11.3 Å². The van der Waals surface area contributed by atoms with Gasteiger partial charge in [-0.1, -0.05) is 6.92 Å². The molecule has 1 N–H and O–H groups in total. The van der Waals surface area contributed by atoms with Gasteiger partial charge in [-0.3, -0.25) is 10.1 Å². The average molecular weight is 255 g/mol. The number of ether oxygens (including phenoxy) is 1. The zero-order valence-corrected chi connectivity index (χ0v) is 12.0. The maximum Gasteiger partial charge on any atom is 0.322 e. The quantitative estimate of drug-likeness (QED) is 0.822. The first kappa shape index (κ1) is 14.2. The van der Waals surface area contributed by atoms with Crippen LogP contribution in [0.2, 0.25) is 0 Å². The fraction of sp³-hybridized carbons (Fsp3) is 0.615. The third-order valence-electron chi connectivity index (χ3n) is 2.89. The molecule has 1 aromatic heterocycles. The first-order valence-electron chi connectivity index (χ1n) is 5.90. The monoisotopic (exact) mass is 255 g/mol. The molecule has 2 atom stereocenters. The minimum absolute atomic E-state index is 0.170. The first-order valence-corrected chi connectivity index (χ1v) is 6.72. The van der Waals surface area contributed by atoms with Crippen molar-refractivity contribution in [3.63, 3.8) is 0 Å². The van der Waals surface area contributed by atoms with Crippen LogP contribution in [0.5, 0.6) is 0 Å². The van der Waals surface area contributed by atoms with Gasteiger partial charge < -0.3 is 4.74 Å². The Hall–Kier alpha value is -0.870. The molecule has 0 spiro atoms. The highest BCUT2D eigenvalue weighted by Gasteiger charge is 2.21. The molecule has 0 aliphatic rings. The number of rotatable bonds is 5. The zero-order valence-electron chi connectivity index (χ0n) is 11.2. The summed E-state index contributed by atoms with van der Waals surface area (Å²) < 4.78 is 4.78. The van der Waals surface area contributed by atoms with E-state index < -0.39 is 0 Å². The fourth-order valence-corrected chi connectivity index (χ4v) is 2.99. The van der Waals surface area contributed by atoms with Gasteiger partial charge in [-0.05, 0) is 38.8 Å². The Kier molecular flexibility index (Phi) is 5.15. The summed E-state index contributed by atoms with van der Waals surface area (Å²) in [6, 6.07) is 2.13. The molecule has 0 aromatic carbocycles. The molecule has 0 aliphatic heterocycles. The normalized spacial score (nSPS) is 14.4. The molecule has 96 valence electrons. The predicted molar refractivity (Wildman–Crippen MR) is 71.4 cm³/mol. The van der Waals surface area contributed by atoms with Crippen LogP contribution in [0, 0.1) is 13.8 Å². The SMILES string of the molecule is CCC(NC(C)c1cc(C)sc1C)C(=O)OC. The Bertz CT molecular complexity index is 387. The number of hydrogen-bond acceptors (Lipinski definition) is 4. The van der Waals surface area contributed by atoms with Crippen molar-refractivity contribution < 1.29 is 9.53 Å². The number of aryl methyl sites for hydroxylation is 2. The van der Waals surface area contributed by atoms with Crippen molar-refractivity contribution in [2.45, 2.75) is 46.2 Å². The number of methoxy groups -OCH3 is 1. The van der Waals surface area contributed by atoms with Crippen LogP contribution in [0.15, 0.2) is 6.07 Å². The summed E-state index contributed by atoms with van der Waals surface area (Å²) in [5.41, 5.74) is 1.27. The molecule has 1 heterocycles. The standard InChI is InChI=1S/C13H21NO2S/c1-6-12(13(15)16-5)14-9(3)11-7-8(2)17-10(11)4/h7,9,12,14H,6H2,1-5H3. The highest BCUT2D eigenvalue weighted by Crippen LogP contribution is 2.26. The Balaban J connectivity index is 2.74. The molecular weight excluding hydrogens is 234 g/mol. The lowest BCUT2D eigenvalue weighted by atomic mass is 10.1. The molecule has 1 aromatic rings. The molecule has 17 heavy (non-hydrogen) atoms. The van der Waals surface area contributed by atoms with Gasteiger partial charge in [0.15, 0.2) is 0 Å². The summed E-state index contributed by atoms with van der Waals surface area (Å²) in [7, 11) is 1.43. The summed E-state index contributed by atoms with van der Waals surface area (Å²) in [4.78, 5) is 14.1. The molecule has 2 unspecified atom stereocenters. The van der Waals surface area contributed by atoms with E-state index in [1.165, 1.54) is 22.4 Å². The largest absolute Gasteiger partial charge is 0.468 e. The third-order valence-corrected chi connectivity index (χ3v) is 3.87. The van der Waals surface area contributed by atoms with Gasteiger partial charge in [-0.25, -0.2) is 0 Å². The Morgan fingerprint density at radius 1 is 1.53 bits per heavy atom. The Labute approximate surface area is 107 Å². The number of carbonyl (C=O) groups is 1. The molecule has 0 saturated carbocycles. The second-order valence-electron chi connectivity index (χ2n) is 4.24. The minimum Gasteiger partial charge on any atom is -0.468 e. The van der Waals surface area contributed by atoms with Crippen molar-refractivity contribution in [1.29, 1.82) is 0 Å². The minimum atomic E-state index is -0.227. The summed E-state index contributed by atoms with van der Waals surface area (Å²) in [6.45, 7) is 8.28. The predicted octanol–water partition coefficient (Wildman–Crippen LogP) is 2.97. The molecule has 1 rings (SSSR count). The van der Waals surface area contributed by atoms with Gasteiger partial charge >= 0.3 is 5.97 Å². The van der Waals surface area contributed by atoms with Crippen LogP contribution in [0.25, 0.3) is 0 Å². The van der Waals surface area contributed by atoms with Crippen LogP contribution < -0.4 is 5.32 Å². The van der Waals surface area contributed by atoms with Crippen LogP contribution in [0.4, 0.5) is 0 Å². The number of nitrogens with one attached hydrogen (secondary N) is 1. The Morgan fingerprint density at radius 2 is 2.18 bits per heavy atom. The van der Waals surface area contributed by atoms with E-state index in [-0.39, 0.29) is 18.1 Å². The second-order valence-corrected chi connectivity index (χ2v) is 5.70. The fourth-order valence-electron chi connectivity index (χ4n) is 1.97. The highest BCUT2D eigenvalue weighted by molar-refractivity contribution is 7.12. The van der Waals surface area contributed by atoms with Crippen molar-refractivity contribution in [1.82, 2.24) is 5.32 Å². The zero-order chi connectivity index (χ0) is 13.0. The molecule has 3 nitrogen and oxygen atoms in total. The van der Waals surface area contributed by atoms with E-state index in [1.807, 2.05) is 6.92 Å². The lowest BCUT2D eigenvalue weighted by molar-refractivity contribution is -0.143. The van der Waals surface area contributed by atoms with Gasteiger partial charge in [0.25, 0.3) is 0 Å².